The molecule has 1 aromatic rings. The third-order valence-corrected chi connectivity index (χ3v) is 3.57. The Morgan fingerprint density at radius 1 is 1.20 bits per heavy atom. The van der Waals surface area contributed by atoms with Crippen molar-refractivity contribution in [3.63, 3.8) is 0 Å². The van der Waals surface area contributed by atoms with E-state index in [9.17, 15) is 0 Å². The molecule has 0 N–H and O–H groups in total. The molecule has 1 aliphatic rings. The molecule has 2 rings (SSSR count). The summed E-state index contributed by atoms with van der Waals surface area (Å²) in [4.78, 5) is 8.71. The van der Waals surface area contributed by atoms with E-state index in [4.69, 9.17) is 23.2 Å². The summed E-state index contributed by atoms with van der Waals surface area (Å²) in [5.41, 5.74) is 1.01. The fourth-order valence-corrected chi connectivity index (χ4v) is 2.14. The minimum absolute atomic E-state index is 0.123. The maximum Gasteiger partial charge on any atom is 0.137 e. The molecule has 0 atom stereocenters. The van der Waals surface area contributed by atoms with E-state index in [1.807, 2.05) is 0 Å². The van der Waals surface area contributed by atoms with Crippen LogP contribution in [0.5, 0.6) is 0 Å². The molecule has 0 aliphatic heterocycles. The van der Waals surface area contributed by atoms with E-state index < -0.39 is 0 Å². The number of aromatic nitrogens is 2. The van der Waals surface area contributed by atoms with Crippen molar-refractivity contribution in [1.82, 2.24) is 9.97 Å². The first-order chi connectivity index (χ1) is 7.07. The SMILES string of the molecule is CCCc1c(Cl)nc(C2(C)CC2)nc1Cl. The van der Waals surface area contributed by atoms with Gasteiger partial charge in [0, 0.05) is 11.0 Å². The molecule has 0 amide bonds. The molecule has 4 heteroatoms. The van der Waals surface area contributed by atoms with Gasteiger partial charge in [-0.3, -0.25) is 0 Å². The molecule has 0 spiro atoms. The summed E-state index contributed by atoms with van der Waals surface area (Å²) >= 11 is 12.2. The van der Waals surface area contributed by atoms with Crippen molar-refractivity contribution in [3.05, 3.63) is 21.7 Å². The molecule has 1 heterocycles. The van der Waals surface area contributed by atoms with E-state index in [-0.39, 0.29) is 5.41 Å². The van der Waals surface area contributed by atoms with Gasteiger partial charge in [0.2, 0.25) is 0 Å². The lowest BCUT2D eigenvalue weighted by Gasteiger charge is -2.10. The highest BCUT2D eigenvalue weighted by Crippen LogP contribution is 2.46. The molecule has 0 unspecified atom stereocenters. The molecule has 0 bridgehead atoms. The van der Waals surface area contributed by atoms with Crippen LogP contribution in [0, 0.1) is 0 Å². The highest BCUT2D eigenvalue weighted by Gasteiger charge is 2.42. The largest absolute Gasteiger partial charge is 0.220 e. The number of halogens is 2. The van der Waals surface area contributed by atoms with Crippen LogP contribution in [0.2, 0.25) is 10.3 Å². The van der Waals surface area contributed by atoms with Crippen molar-refractivity contribution < 1.29 is 0 Å². The second kappa shape index (κ2) is 3.91. The van der Waals surface area contributed by atoms with Crippen LogP contribution in [0.25, 0.3) is 0 Å². The Kier molecular flexibility index (Phi) is 2.91. The summed E-state index contributed by atoms with van der Waals surface area (Å²) in [5, 5.41) is 1.06. The summed E-state index contributed by atoms with van der Waals surface area (Å²) in [6.45, 7) is 4.23. The van der Waals surface area contributed by atoms with Gasteiger partial charge in [0.25, 0.3) is 0 Å². The molecular formula is C11H14Cl2N2. The summed E-state index contributed by atoms with van der Waals surface area (Å²) < 4.78 is 0. The van der Waals surface area contributed by atoms with Gasteiger partial charge in [-0.2, -0.15) is 0 Å². The average molecular weight is 245 g/mol. The highest BCUT2D eigenvalue weighted by atomic mass is 35.5. The molecule has 1 aliphatic carbocycles. The van der Waals surface area contributed by atoms with Crippen LogP contribution in [0.1, 0.15) is 44.5 Å². The first kappa shape index (κ1) is 11.2. The third-order valence-electron chi connectivity index (χ3n) is 2.95. The van der Waals surface area contributed by atoms with Crippen LogP contribution in [0.15, 0.2) is 0 Å². The summed E-state index contributed by atoms with van der Waals surface area (Å²) in [5.74, 6) is 0.803. The van der Waals surface area contributed by atoms with Crippen LogP contribution < -0.4 is 0 Å². The predicted molar refractivity (Wildman–Crippen MR) is 62.6 cm³/mol. The van der Waals surface area contributed by atoms with Crippen molar-refractivity contribution in [2.45, 2.75) is 44.9 Å². The van der Waals surface area contributed by atoms with Gasteiger partial charge in [-0.15, -0.1) is 0 Å². The molecular weight excluding hydrogens is 231 g/mol. The zero-order chi connectivity index (χ0) is 11.1. The summed E-state index contributed by atoms with van der Waals surface area (Å²) in [6.07, 6.45) is 4.10. The van der Waals surface area contributed by atoms with Gasteiger partial charge in [-0.1, -0.05) is 43.5 Å². The van der Waals surface area contributed by atoms with E-state index >= 15 is 0 Å². The van der Waals surface area contributed by atoms with Crippen molar-refractivity contribution in [2.24, 2.45) is 0 Å². The summed E-state index contributed by atoms with van der Waals surface area (Å²) in [6, 6.07) is 0. The summed E-state index contributed by atoms with van der Waals surface area (Å²) in [7, 11) is 0. The Morgan fingerprint density at radius 2 is 1.73 bits per heavy atom. The van der Waals surface area contributed by atoms with Gasteiger partial charge in [0.1, 0.15) is 16.1 Å². The lowest BCUT2D eigenvalue weighted by Crippen LogP contribution is -2.09. The van der Waals surface area contributed by atoms with Gasteiger partial charge in [0.15, 0.2) is 0 Å². The van der Waals surface area contributed by atoms with E-state index in [1.54, 1.807) is 0 Å². The lowest BCUT2D eigenvalue weighted by atomic mass is 10.1. The molecule has 1 aromatic heterocycles. The number of hydrogen-bond donors (Lipinski definition) is 0. The van der Waals surface area contributed by atoms with Gasteiger partial charge in [-0.25, -0.2) is 9.97 Å². The topological polar surface area (TPSA) is 25.8 Å². The first-order valence-corrected chi connectivity index (χ1v) is 6.05. The van der Waals surface area contributed by atoms with Gasteiger partial charge in [0.05, 0.1) is 0 Å². The molecule has 2 nitrogen and oxygen atoms in total. The standard InChI is InChI=1S/C11H14Cl2N2/c1-3-4-7-8(12)14-10(15-9(7)13)11(2)5-6-11/h3-6H2,1-2H3. The lowest BCUT2D eigenvalue weighted by molar-refractivity contribution is 0.703. The Balaban J connectivity index is 2.38. The fourth-order valence-electron chi connectivity index (χ4n) is 1.57. The molecule has 1 fully saturated rings. The average Bonchev–Trinajstić information content (AvgIpc) is 2.91. The van der Waals surface area contributed by atoms with E-state index in [1.165, 1.54) is 0 Å². The minimum Gasteiger partial charge on any atom is -0.220 e. The van der Waals surface area contributed by atoms with Crippen LogP contribution in [0.4, 0.5) is 0 Å². The van der Waals surface area contributed by atoms with Gasteiger partial charge >= 0.3 is 0 Å². The van der Waals surface area contributed by atoms with E-state index in [2.05, 4.69) is 23.8 Å². The monoisotopic (exact) mass is 244 g/mol. The Morgan fingerprint density at radius 3 is 2.13 bits per heavy atom. The Bertz CT molecular complexity index is 363. The molecule has 0 saturated heterocycles. The minimum atomic E-state index is 0.123. The van der Waals surface area contributed by atoms with Crippen LogP contribution in [0.3, 0.4) is 0 Å². The number of rotatable bonds is 3. The van der Waals surface area contributed by atoms with Gasteiger partial charge in [-0.05, 0) is 19.3 Å². The quantitative estimate of drug-likeness (QED) is 0.757. The van der Waals surface area contributed by atoms with Crippen molar-refractivity contribution in [2.75, 3.05) is 0 Å². The van der Waals surface area contributed by atoms with Crippen LogP contribution >= 0.6 is 23.2 Å². The van der Waals surface area contributed by atoms with Crippen molar-refractivity contribution >= 4 is 23.2 Å². The molecule has 1 saturated carbocycles. The predicted octanol–water partition coefficient (Wildman–Crippen LogP) is 3.79. The van der Waals surface area contributed by atoms with Crippen molar-refractivity contribution in [3.8, 4) is 0 Å². The number of nitrogens with zero attached hydrogens (tertiary/aromatic N) is 2. The zero-order valence-electron chi connectivity index (χ0n) is 8.98. The fraction of sp³-hybridized carbons (Fsp3) is 0.636. The molecule has 15 heavy (non-hydrogen) atoms. The van der Waals surface area contributed by atoms with Crippen LogP contribution in [-0.2, 0) is 11.8 Å². The van der Waals surface area contributed by atoms with E-state index in [0.717, 1.165) is 37.1 Å². The second-order valence-electron chi connectivity index (χ2n) is 4.42. The second-order valence-corrected chi connectivity index (χ2v) is 5.13. The normalized spacial score (nSPS) is 17.9. The maximum absolute atomic E-state index is 6.11. The maximum atomic E-state index is 6.11. The van der Waals surface area contributed by atoms with E-state index in [0.29, 0.717) is 10.3 Å². The zero-order valence-corrected chi connectivity index (χ0v) is 10.5. The van der Waals surface area contributed by atoms with Crippen LogP contribution in [-0.4, -0.2) is 9.97 Å². The first-order valence-electron chi connectivity index (χ1n) is 5.29. The molecule has 0 aromatic carbocycles. The van der Waals surface area contributed by atoms with Crippen molar-refractivity contribution in [1.29, 1.82) is 0 Å². The molecule has 0 radical (unpaired) electrons. The Labute approximate surface area is 100 Å². The highest BCUT2D eigenvalue weighted by molar-refractivity contribution is 6.34. The molecule has 82 valence electrons. The van der Waals surface area contributed by atoms with Gasteiger partial charge < -0.3 is 0 Å². The Hall–Kier alpha value is -0.340. The smallest absolute Gasteiger partial charge is 0.137 e. The number of hydrogen-bond acceptors (Lipinski definition) is 2. The third kappa shape index (κ3) is 2.11.